The fourth-order valence-electron chi connectivity index (χ4n) is 5.89. The van der Waals surface area contributed by atoms with Crippen LogP contribution in [0, 0.1) is 0 Å². The van der Waals surface area contributed by atoms with E-state index in [9.17, 15) is 0 Å². The predicted molar refractivity (Wildman–Crippen MR) is 146 cm³/mol. The number of aromatic nitrogens is 2. The second-order valence-corrected chi connectivity index (χ2v) is 9.21. The van der Waals surface area contributed by atoms with Gasteiger partial charge in [0.05, 0.1) is 28.6 Å². The van der Waals surface area contributed by atoms with Crippen LogP contribution >= 0.6 is 0 Å². The summed E-state index contributed by atoms with van der Waals surface area (Å²) in [6, 6.07) is 41.3. The van der Waals surface area contributed by atoms with Crippen LogP contribution in [-0.2, 0) is 0 Å². The zero-order valence-electron chi connectivity index (χ0n) is 18.9. The van der Waals surface area contributed by atoms with Gasteiger partial charge in [0.1, 0.15) is 0 Å². The number of hydrogen-bond acceptors (Lipinski definition) is 1. The Morgan fingerprint density at radius 1 is 0.543 bits per heavy atom. The van der Waals surface area contributed by atoms with E-state index in [1.54, 1.807) is 0 Å². The van der Waals surface area contributed by atoms with E-state index in [1.807, 2.05) is 12.3 Å². The number of para-hydroxylation sites is 1. The molecule has 0 atom stereocenters. The molecule has 1 aliphatic rings. The molecule has 0 bridgehead atoms. The molecular weight excluding hydrogens is 424 g/mol. The van der Waals surface area contributed by atoms with Gasteiger partial charge >= 0.3 is 0 Å². The molecule has 2 aromatic heterocycles. The lowest BCUT2D eigenvalue weighted by Crippen LogP contribution is -1.97. The molecule has 0 unspecified atom stereocenters. The van der Waals surface area contributed by atoms with Crippen molar-refractivity contribution in [1.82, 2.24) is 9.55 Å². The first-order valence-corrected chi connectivity index (χ1v) is 12.0. The Kier molecular flexibility index (Phi) is 3.69. The van der Waals surface area contributed by atoms with Gasteiger partial charge in [-0.05, 0) is 45.7 Å². The van der Waals surface area contributed by atoms with Gasteiger partial charge in [0.15, 0.2) is 0 Å². The molecule has 35 heavy (non-hydrogen) atoms. The van der Waals surface area contributed by atoms with Crippen molar-refractivity contribution >= 4 is 32.6 Å². The Hall–Kier alpha value is -4.69. The lowest BCUT2D eigenvalue weighted by Gasteiger charge is -2.12. The Balaban J connectivity index is 1.47. The molecular formula is C33H20N2. The summed E-state index contributed by atoms with van der Waals surface area (Å²) in [6.07, 6.45) is 2.01. The summed E-state index contributed by atoms with van der Waals surface area (Å²) in [7, 11) is 0. The minimum atomic E-state index is 0.984. The van der Waals surface area contributed by atoms with Crippen molar-refractivity contribution < 1.29 is 0 Å². The van der Waals surface area contributed by atoms with E-state index in [0.29, 0.717) is 0 Å². The molecule has 8 rings (SSSR count). The van der Waals surface area contributed by atoms with Crippen molar-refractivity contribution in [1.29, 1.82) is 0 Å². The van der Waals surface area contributed by atoms with E-state index >= 15 is 0 Å². The van der Waals surface area contributed by atoms with Crippen LogP contribution in [0.25, 0.3) is 71.8 Å². The normalized spacial score (nSPS) is 12.0. The highest BCUT2D eigenvalue weighted by Gasteiger charge is 2.26. The molecule has 1 aliphatic carbocycles. The van der Waals surface area contributed by atoms with Crippen LogP contribution in [0.1, 0.15) is 0 Å². The molecule has 2 heteroatoms. The zero-order chi connectivity index (χ0) is 22.9. The Morgan fingerprint density at radius 2 is 1.34 bits per heavy atom. The summed E-state index contributed by atoms with van der Waals surface area (Å²) in [5.41, 5.74) is 10.9. The Morgan fingerprint density at radius 3 is 2.17 bits per heavy atom. The van der Waals surface area contributed by atoms with Gasteiger partial charge in [-0.25, -0.2) is 0 Å². The van der Waals surface area contributed by atoms with Crippen molar-refractivity contribution in [2.24, 2.45) is 0 Å². The van der Waals surface area contributed by atoms with Crippen molar-refractivity contribution in [2.75, 3.05) is 0 Å². The smallest absolute Gasteiger partial charge is 0.0703 e. The van der Waals surface area contributed by atoms with E-state index in [-0.39, 0.29) is 0 Å². The maximum absolute atomic E-state index is 4.87. The SMILES string of the molecule is c1ccc(-c2ccc(-n3c4ccccc4c4ccc5c(c43)-c3cccc4cccc-5c34)cn2)cc1. The van der Waals surface area contributed by atoms with Crippen LogP contribution in [0.4, 0.5) is 0 Å². The van der Waals surface area contributed by atoms with Crippen LogP contribution in [0.2, 0.25) is 0 Å². The standard InChI is InChI=1S/C33H20N2/c1-2-8-21(9-3-1)29-19-16-23(20-34-29)35-30-15-5-4-12-24(30)27-18-17-26-25-13-6-10-22-11-7-14-28(31(22)25)32(26)33(27)35/h1-20H. The summed E-state index contributed by atoms with van der Waals surface area (Å²) in [6.45, 7) is 0. The number of rotatable bonds is 2. The molecule has 0 aliphatic heterocycles. The first-order valence-electron chi connectivity index (χ1n) is 12.0. The number of benzene rings is 5. The molecule has 0 spiro atoms. The van der Waals surface area contributed by atoms with E-state index in [2.05, 4.69) is 114 Å². The quantitative estimate of drug-likeness (QED) is 0.261. The third-order valence-corrected chi connectivity index (χ3v) is 7.38. The van der Waals surface area contributed by atoms with Crippen molar-refractivity contribution in [3.8, 4) is 39.2 Å². The summed E-state index contributed by atoms with van der Waals surface area (Å²) >= 11 is 0. The Bertz CT molecular complexity index is 1920. The number of pyridine rings is 1. The van der Waals surface area contributed by atoms with Crippen LogP contribution in [0.15, 0.2) is 121 Å². The zero-order valence-corrected chi connectivity index (χ0v) is 18.9. The number of nitrogens with zero attached hydrogens (tertiary/aromatic N) is 2. The van der Waals surface area contributed by atoms with Gasteiger partial charge in [-0.1, -0.05) is 97.1 Å². The van der Waals surface area contributed by atoms with Gasteiger partial charge in [0, 0.05) is 21.9 Å². The average Bonchev–Trinajstić information content (AvgIpc) is 3.44. The highest BCUT2D eigenvalue weighted by Crippen LogP contribution is 2.51. The van der Waals surface area contributed by atoms with Gasteiger partial charge in [0.2, 0.25) is 0 Å². The molecule has 0 N–H and O–H groups in total. The molecule has 2 nitrogen and oxygen atoms in total. The highest BCUT2D eigenvalue weighted by atomic mass is 15.0. The first-order chi connectivity index (χ1) is 17.4. The van der Waals surface area contributed by atoms with Crippen LogP contribution in [0.5, 0.6) is 0 Å². The lowest BCUT2D eigenvalue weighted by atomic mass is 10.0. The van der Waals surface area contributed by atoms with E-state index in [4.69, 9.17) is 4.98 Å². The van der Waals surface area contributed by atoms with Crippen LogP contribution < -0.4 is 0 Å². The average molecular weight is 445 g/mol. The monoisotopic (exact) mass is 444 g/mol. The number of fused-ring (bicyclic) bond motifs is 7. The summed E-state index contributed by atoms with van der Waals surface area (Å²) < 4.78 is 2.40. The fourth-order valence-corrected chi connectivity index (χ4v) is 5.89. The Labute approximate surface area is 202 Å². The molecule has 7 aromatic rings. The van der Waals surface area contributed by atoms with Crippen molar-refractivity contribution in [3.63, 3.8) is 0 Å². The van der Waals surface area contributed by atoms with Crippen LogP contribution in [-0.4, -0.2) is 9.55 Å². The third kappa shape index (κ3) is 2.51. The molecule has 0 amide bonds. The third-order valence-electron chi connectivity index (χ3n) is 7.38. The maximum atomic E-state index is 4.87. The highest BCUT2D eigenvalue weighted by molar-refractivity contribution is 6.24. The molecule has 162 valence electrons. The maximum Gasteiger partial charge on any atom is 0.0703 e. The molecule has 5 aromatic carbocycles. The molecule has 0 saturated heterocycles. The topological polar surface area (TPSA) is 17.8 Å². The van der Waals surface area contributed by atoms with Gasteiger partial charge in [-0.2, -0.15) is 0 Å². The van der Waals surface area contributed by atoms with E-state index in [0.717, 1.165) is 16.9 Å². The van der Waals surface area contributed by atoms with E-state index < -0.39 is 0 Å². The second kappa shape index (κ2) is 6.91. The summed E-state index contributed by atoms with van der Waals surface area (Å²) in [5.74, 6) is 0. The minimum absolute atomic E-state index is 0.984. The molecule has 0 radical (unpaired) electrons. The van der Waals surface area contributed by atoms with E-state index in [1.165, 1.54) is 54.8 Å². The van der Waals surface area contributed by atoms with Gasteiger partial charge in [-0.3, -0.25) is 4.98 Å². The van der Waals surface area contributed by atoms with Gasteiger partial charge in [-0.15, -0.1) is 0 Å². The molecule has 0 saturated carbocycles. The predicted octanol–water partition coefficient (Wildman–Crippen LogP) is 8.65. The first kappa shape index (κ1) is 18.7. The molecule has 0 fully saturated rings. The van der Waals surface area contributed by atoms with Crippen molar-refractivity contribution in [3.05, 3.63) is 121 Å². The van der Waals surface area contributed by atoms with Gasteiger partial charge in [0.25, 0.3) is 0 Å². The number of hydrogen-bond donors (Lipinski definition) is 0. The minimum Gasteiger partial charge on any atom is -0.307 e. The second-order valence-electron chi connectivity index (χ2n) is 9.21. The van der Waals surface area contributed by atoms with Gasteiger partial charge < -0.3 is 4.57 Å². The largest absolute Gasteiger partial charge is 0.307 e. The molecule has 2 heterocycles. The van der Waals surface area contributed by atoms with Crippen molar-refractivity contribution in [2.45, 2.75) is 0 Å². The fraction of sp³-hybridized carbons (Fsp3) is 0. The summed E-state index contributed by atoms with van der Waals surface area (Å²) in [5, 5.41) is 5.18. The summed E-state index contributed by atoms with van der Waals surface area (Å²) in [4.78, 5) is 4.87. The lowest BCUT2D eigenvalue weighted by molar-refractivity contribution is 1.14. The van der Waals surface area contributed by atoms with Crippen LogP contribution in [0.3, 0.4) is 0 Å².